The first-order chi connectivity index (χ1) is 9.27. The molecule has 0 amide bonds. The van der Waals surface area contributed by atoms with E-state index in [4.69, 9.17) is 5.73 Å². The van der Waals surface area contributed by atoms with E-state index in [1.807, 2.05) is 0 Å². The lowest BCUT2D eigenvalue weighted by Crippen LogP contribution is -2.32. The molecule has 2 rings (SSSR count). The van der Waals surface area contributed by atoms with E-state index in [1.165, 1.54) is 36.2 Å². The molecule has 0 aromatic heterocycles. The quantitative estimate of drug-likeness (QED) is 0.911. The van der Waals surface area contributed by atoms with Crippen molar-refractivity contribution < 1.29 is 0 Å². The van der Waals surface area contributed by atoms with Gasteiger partial charge in [0.1, 0.15) is 0 Å². The Bertz CT molecular complexity index is 459. The first-order valence-corrected chi connectivity index (χ1v) is 7.82. The number of nitrogens with two attached hydrogens (primary N) is 1. The summed E-state index contributed by atoms with van der Waals surface area (Å²) in [6.07, 6.45) is 1.31. The first kappa shape index (κ1) is 15.5. The Balaban J connectivity index is 1.99. The predicted molar refractivity (Wildman–Crippen MR) is 86.8 cm³/mol. The molecule has 20 heavy (non-hydrogen) atoms. The molecule has 0 radical (unpaired) electrons. The smallest absolute Gasteiger partial charge is 0.0427 e. The molecule has 2 unspecified atom stereocenters. The fourth-order valence-corrected chi connectivity index (χ4v) is 3.24. The van der Waals surface area contributed by atoms with Crippen LogP contribution >= 0.6 is 0 Å². The molecule has 1 fully saturated rings. The highest BCUT2D eigenvalue weighted by Crippen LogP contribution is 2.34. The zero-order valence-electron chi connectivity index (χ0n) is 13.7. The monoisotopic (exact) mass is 274 g/mol. The Morgan fingerprint density at radius 2 is 2.00 bits per heavy atom. The summed E-state index contributed by atoms with van der Waals surface area (Å²) < 4.78 is 0. The van der Waals surface area contributed by atoms with Crippen LogP contribution in [0.15, 0.2) is 18.2 Å². The molecule has 2 nitrogen and oxygen atoms in total. The minimum absolute atomic E-state index is 0.133. The average Bonchev–Trinajstić information content (AvgIpc) is 2.80. The van der Waals surface area contributed by atoms with Gasteiger partial charge in [-0.3, -0.25) is 0 Å². The van der Waals surface area contributed by atoms with Crippen LogP contribution in [-0.4, -0.2) is 24.5 Å². The molecular formula is C18H30N2. The van der Waals surface area contributed by atoms with E-state index >= 15 is 0 Å². The predicted octanol–water partition coefficient (Wildman–Crippen LogP) is 3.67. The van der Waals surface area contributed by atoms with Crippen molar-refractivity contribution in [1.82, 2.24) is 4.90 Å². The van der Waals surface area contributed by atoms with Crippen molar-refractivity contribution >= 4 is 0 Å². The first-order valence-electron chi connectivity index (χ1n) is 7.82. The number of rotatable bonds is 3. The number of nitrogens with zero attached hydrogens (tertiary/aromatic N) is 1. The van der Waals surface area contributed by atoms with Crippen LogP contribution in [0.3, 0.4) is 0 Å². The van der Waals surface area contributed by atoms with Gasteiger partial charge in [-0.2, -0.15) is 0 Å². The fraction of sp³-hybridized carbons (Fsp3) is 0.667. The van der Waals surface area contributed by atoms with Crippen LogP contribution in [0.1, 0.15) is 49.9 Å². The van der Waals surface area contributed by atoms with E-state index in [0.29, 0.717) is 5.41 Å². The van der Waals surface area contributed by atoms with E-state index in [9.17, 15) is 0 Å². The van der Waals surface area contributed by atoms with E-state index in [1.54, 1.807) is 0 Å². The van der Waals surface area contributed by atoms with Crippen molar-refractivity contribution in [3.05, 3.63) is 34.9 Å². The highest BCUT2D eigenvalue weighted by atomic mass is 15.2. The van der Waals surface area contributed by atoms with Gasteiger partial charge in [0.25, 0.3) is 0 Å². The Kier molecular flexibility index (Phi) is 4.55. The van der Waals surface area contributed by atoms with Crippen LogP contribution in [0, 0.1) is 25.2 Å². The fourth-order valence-electron chi connectivity index (χ4n) is 3.24. The summed E-state index contributed by atoms with van der Waals surface area (Å²) in [6.45, 7) is 14.7. The molecule has 1 aromatic carbocycles. The van der Waals surface area contributed by atoms with Gasteiger partial charge in [-0.1, -0.05) is 44.5 Å². The number of benzene rings is 1. The van der Waals surface area contributed by atoms with Crippen molar-refractivity contribution in [2.45, 2.75) is 47.1 Å². The molecule has 0 bridgehead atoms. The highest BCUT2D eigenvalue weighted by molar-refractivity contribution is 5.33. The largest absolute Gasteiger partial charge is 0.323 e. The van der Waals surface area contributed by atoms with E-state index < -0.39 is 0 Å². The zero-order chi connectivity index (χ0) is 14.9. The van der Waals surface area contributed by atoms with Gasteiger partial charge in [-0.25, -0.2) is 0 Å². The van der Waals surface area contributed by atoms with Crippen LogP contribution in [0.4, 0.5) is 0 Å². The normalized spacial score (nSPS) is 22.2. The van der Waals surface area contributed by atoms with Crippen LogP contribution < -0.4 is 5.73 Å². The second kappa shape index (κ2) is 5.87. The Labute approximate surface area is 124 Å². The van der Waals surface area contributed by atoms with Crippen molar-refractivity contribution in [3.63, 3.8) is 0 Å². The molecule has 0 spiro atoms. The van der Waals surface area contributed by atoms with E-state index in [2.05, 4.69) is 57.7 Å². The molecule has 0 aliphatic carbocycles. The lowest BCUT2D eigenvalue weighted by molar-refractivity contribution is 0.224. The molecule has 1 heterocycles. The molecule has 112 valence electrons. The zero-order valence-corrected chi connectivity index (χ0v) is 13.7. The van der Waals surface area contributed by atoms with Crippen LogP contribution in [0.2, 0.25) is 0 Å². The molecule has 2 atom stereocenters. The molecule has 2 N–H and O–H groups in total. The maximum atomic E-state index is 6.46. The number of hydrogen-bond acceptors (Lipinski definition) is 2. The Morgan fingerprint density at radius 3 is 2.60 bits per heavy atom. The maximum absolute atomic E-state index is 6.46. The summed E-state index contributed by atoms with van der Waals surface area (Å²) in [5.74, 6) is 0.799. The van der Waals surface area contributed by atoms with Crippen molar-refractivity contribution in [2.24, 2.45) is 17.1 Å². The van der Waals surface area contributed by atoms with Gasteiger partial charge >= 0.3 is 0 Å². The maximum Gasteiger partial charge on any atom is 0.0427 e. The molecule has 1 saturated heterocycles. The lowest BCUT2D eigenvalue weighted by atomic mass is 9.80. The Hall–Kier alpha value is -0.860. The third-order valence-electron chi connectivity index (χ3n) is 4.79. The summed E-state index contributed by atoms with van der Waals surface area (Å²) in [5, 5.41) is 0. The molecule has 1 aliphatic heterocycles. The van der Waals surface area contributed by atoms with E-state index in [0.717, 1.165) is 12.5 Å². The average molecular weight is 274 g/mol. The molecule has 1 aromatic rings. The second-order valence-electron chi connectivity index (χ2n) is 7.58. The van der Waals surface area contributed by atoms with Gasteiger partial charge in [0.15, 0.2) is 0 Å². The Morgan fingerprint density at radius 1 is 1.30 bits per heavy atom. The van der Waals surface area contributed by atoms with Crippen LogP contribution in [0.5, 0.6) is 0 Å². The van der Waals surface area contributed by atoms with Gasteiger partial charge < -0.3 is 10.6 Å². The summed E-state index contributed by atoms with van der Waals surface area (Å²) in [5.41, 5.74) is 10.8. The minimum Gasteiger partial charge on any atom is -0.323 e. The number of hydrogen-bond donors (Lipinski definition) is 1. The minimum atomic E-state index is 0.133. The molecular weight excluding hydrogens is 244 g/mol. The van der Waals surface area contributed by atoms with Gasteiger partial charge in [0, 0.05) is 19.1 Å². The van der Waals surface area contributed by atoms with Gasteiger partial charge in [0.2, 0.25) is 0 Å². The van der Waals surface area contributed by atoms with Crippen LogP contribution in [-0.2, 0) is 0 Å². The summed E-state index contributed by atoms with van der Waals surface area (Å²) in [6, 6.07) is 6.73. The van der Waals surface area contributed by atoms with Gasteiger partial charge in [0.05, 0.1) is 0 Å². The number of likely N-dealkylation sites (tertiary alicyclic amines) is 1. The van der Waals surface area contributed by atoms with Gasteiger partial charge in [-0.15, -0.1) is 0 Å². The van der Waals surface area contributed by atoms with Gasteiger partial charge in [-0.05, 0) is 49.3 Å². The molecule has 0 saturated carbocycles. The molecule has 1 aliphatic rings. The summed E-state index contributed by atoms with van der Waals surface area (Å²) >= 11 is 0. The third kappa shape index (κ3) is 3.62. The van der Waals surface area contributed by atoms with Crippen molar-refractivity contribution in [1.29, 1.82) is 0 Å². The highest BCUT2D eigenvalue weighted by Gasteiger charge is 2.32. The van der Waals surface area contributed by atoms with E-state index in [-0.39, 0.29) is 6.04 Å². The standard InChI is InChI=1S/C18H30N2/c1-13-6-7-14(2)16(10-13)17(19)12-20-9-8-15(11-20)18(3,4)5/h6-7,10,15,17H,8-9,11-12,19H2,1-5H3. The summed E-state index contributed by atoms with van der Waals surface area (Å²) in [4.78, 5) is 2.54. The SMILES string of the molecule is Cc1ccc(C)c(C(N)CN2CCC(C(C)(C)C)C2)c1. The topological polar surface area (TPSA) is 29.3 Å². The number of aryl methyl sites for hydroxylation is 2. The van der Waals surface area contributed by atoms with Crippen molar-refractivity contribution in [2.75, 3.05) is 19.6 Å². The molecule has 2 heteroatoms. The lowest BCUT2D eigenvalue weighted by Gasteiger charge is -2.28. The second-order valence-corrected chi connectivity index (χ2v) is 7.58. The van der Waals surface area contributed by atoms with Crippen molar-refractivity contribution in [3.8, 4) is 0 Å². The van der Waals surface area contributed by atoms with Crippen LogP contribution in [0.25, 0.3) is 0 Å². The third-order valence-corrected chi connectivity index (χ3v) is 4.79. The summed E-state index contributed by atoms with van der Waals surface area (Å²) in [7, 11) is 0.